The zero-order valence-electron chi connectivity index (χ0n) is 14.6. The summed E-state index contributed by atoms with van der Waals surface area (Å²) in [5, 5.41) is 10.8. The van der Waals surface area contributed by atoms with E-state index in [4.69, 9.17) is 17.3 Å². The fourth-order valence-electron chi connectivity index (χ4n) is 2.09. The molecule has 2 aromatic rings. The number of benzene rings is 2. The summed E-state index contributed by atoms with van der Waals surface area (Å²) < 4.78 is 63.6. The predicted molar refractivity (Wildman–Crippen MR) is 97.2 cm³/mol. The molecule has 0 aromatic heterocycles. The highest BCUT2D eigenvalue weighted by atomic mass is 35.5. The molecular formula is C17H14ClF3N2O5S. The van der Waals surface area contributed by atoms with E-state index in [9.17, 15) is 36.3 Å². The van der Waals surface area contributed by atoms with Crippen LogP contribution in [0.4, 0.5) is 18.9 Å². The monoisotopic (exact) mass is 450 g/mol. The van der Waals surface area contributed by atoms with Gasteiger partial charge in [-0.15, -0.1) is 0 Å². The molecule has 2 amide bonds. The lowest BCUT2D eigenvalue weighted by molar-refractivity contribution is -0.242. The van der Waals surface area contributed by atoms with E-state index in [1.54, 1.807) is 5.32 Å². The lowest BCUT2D eigenvalue weighted by Gasteiger charge is -2.25. The van der Waals surface area contributed by atoms with Gasteiger partial charge in [0.05, 0.1) is 20.5 Å². The molecule has 156 valence electrons. The summed E-state index contributed by atoms with van der Waals surface area (Å²) in [5.74, 6) is -2.63. The van der Waals surface area contributed by atoms with Gasteiger partial charge in [-0.3, -0.25) is 9.59 Å². The van der Waals surface area contributed by atoms with E-state index in [0.29, 0.717) is 0 Å². The van der Waals surface area contributed by atoms with Crippen molar-refractivity contribution in [3.63, 3.8) is 0 Å². The van der Waals surface area contributed by atoms with E-state index in [2.05, 4.69) is 0 Å². The first-order chi connectivity index (χ1) is 13.2. The number of sulfone groups is 1. The van der Waals surface area contributed by atoms with E-state index in [1.165, 1.54) is 18.2 Å². The third kappa shape index (κ3) is 4.52. The topological polar surface area (TPSA) is 127 Å². The van der Waals surface area contributed by atoms with Crippen molar-refractivity contribution in [1.29, 1.82) is 0 Å². The van der Waals surface area contributed by atoms with E-state index < -0.39 is 33.4 Å². The molecule has 0 radical (unpaired) electrons. The lowest BCUT2D eigenvalue weighted by atomic mass is 10.1. The second kappa shape index (κ2) is 7.65. The predicted octanol–water partition coefficient (Wildman–Crippen LogP) is 2.52. The van der Waals surface area contributed by atoms with Crippen molar-refractivity contribution in [2.45, 2.75) is 28.5 Å². The van der Waals surface area contributed by atoms with Gasteiger partial charge in [0.1, 0.15) is 0 Å². The maximum Gasteiger partial charge on any atom is 0.426 e. The molecule has 29 heavy (non-hydrogen) atoms. The van der Waals surface area contributed by atoms with Crippen molar-refractivity contribution < 1.29 is 36.3 Å². The largest absolute Gasteiger partial charge is 0.426 e. The molecular weight excluding hydrogens is 437 g/mol. The maximum atomic E-state index is 12.7. The van der Waals surface area contributed by atoms with Gasteiger partial charge < -0.3 is 16.2 Å². The Morgan fingerprint density at radius 3 is 2.21 bits per heavy atom. The number of aliphatic hydroxyl groups is 1. The molecule has 0 aliphatic carbocycles. The molecule has 0 aliphatic rings. The molecule has 4 N–H and O–H groups in total. The number of anilines is 1. The summed E-state index contributed by atoms with van der Waals surface area (Å²) in [6.07, 6.45) is -5.24. The van der Waals surface area contributed by atoms with E-state index in [0.717, 1.165) is 24.3 Å². The third-order valence-electron chi connectivity index (χ3n) is 3.92. The minimum atomic E-state index is -5.24. The fourth-order valence-corrected chi connectivity index (χ4v) is 3.71. The zero-order valence-corrected chi connectivity index (χ0v) is 16.2. The molecule has 0 saturated heterocycles. The van der Waals surface area contributed by atoms with Crippen LogP contribution in [-0.2, 0) is 14.6 Å². The Balaban J connectivity index is 2.37. The van der Waals surface area contributed by atoms with E-state index >= 15 is 0 Å². The van der Waals surface area contributed by atoms with Crippen LogP contribution in [0.3, 0.4) is 0 Å². The Hall–Kier alpha value is -2.63. The van der Waals surface area contributed by atoms with Crippen molar-refractivity contribution in [2.75, 3.05) is 5.32 Å². The molecule has 12 heteroatoms. The average molecular weight is 451 g/mol. The first kappa shape index (κ1) is 22.7. The van der Waals surface area contributed by atoms with Crippen LogP contribution in [0.25, 0.3) is 0 Å². The van der Waals surface area contributed by atoms with Crippen molar-refractivity contribution in [3.8, 4) is 0 Å². The summed E-state index contributed by atoms with van der Waals surface area (Å²) in [5.41, 5.74) is 1.05. The van der Waals surface area contributed by atoms with Gasteiger partial charge in [0, 0.05) is 5.56 Å². The van der Waals surface area contributed by atoms with Crippen molar-refractivity contribution >= 4 is 38.9 Å². The molecule has 0 aliphatic heterocycles. The normalized spacial score (nSPS) is 14.1. The van der Waals surface area contributed by atoms with E-state index in [1.807, 2.05) is 0 Å². The number of rotatable bonds is 5. The van der Waals surface area contributed by atoms with Gasteiger partial charge in [0.15, 0.2) is 0 Å². The number of carbonyl (C=O) groups is 2. The summed E-state index contributed by atoms with van der Waals surface area (Å²) in [6, 6.07) is 7.77. The number of alkyl halides is 3. The number of nitrogens with one attached hydrogen (secondary N) is 1. The van der Waals surface area contributed by atoms with Crippen LogP contribution in [-0.4, -0.2) is 37.1 Å². The lowest BCUT2D eigenvalue weighted by Crippen LogP contribution is -2.52. The highest BCUT2D eigenvalue weighted by molar-refractivity contribution is 7.91. The maximum absolute atomic E-state index is 12.7. The van der Waals surface area contributed by atoms with E-state index in [-0.39, 0.29) is 33.0 Å². The number of hydrogen-bond acceptors (Lipinski definition) is 5. The van der Waals surface area contributed by atoms with Gasteiger partial charge in [0.2, 0.25) is 21.3 Å². The first-order valence-corrected chi connectivity index (χ1v) is 9.59. The second-order valence-corrected chi connectivity index (χ2v) is 8.42. The summed E-state index contributed by atoms with van der Waals surface area (Å²) in [7, 11) is -4.15. The number of primary amides is 1. The Bertz CT molecular complexity index is 1080. The number of hydrogen-bond donors (Lipinski definition) is 3. The summed E-state index contributed by atoms with van der Waals surface area (Å²) in [6.45, 7) is 0.265. The molecule has 0 saturated carbocycles. The van der Waals surface area contributed by atoms with Crippen molar-refractivity contribution in [3.05, 3.63) is 53.1 Å². The standard InChI is InChI=1S/C17H14ClF3N2O5S/c1-16(26,17(19,20)21)15(25)23-13-6-5-11(8-12(13)18)29(27,28)10-4-2-3-9(7-10)14(22)24/h2-8,26H,1H3,(H2,22,24)(H,23,25). The van der Waals surface area contributed by atoms with Crippen LogP contribution in [0.5, 0.6) is 0 Å². The van der Waals surface area contributed by atoms with Gasteiger partial charge in [0.25, 0.3) is 5.91 Å². The van der Waals surface area contributed by atoms with Crippen LogP contribution in [0, 0.1) is 0 Å². The Morgan fingerprint density at radius 1 is 1.10 bits per heavy atom. The van der Waals surface area contributed by atoms with Gasteiger partial charge in [-0.1, -0.05) is 17.7 Å². The molecule has 0 bridgehead atoms. The molecule has 1 atom stereocenters. The summed E-state index contributed by atoms with van der Waals surface area (Å²) >= 11 is 5.90. The molecule has 1 unspecified atom stereocenters. The van der Waals surface area contributed by atoms with Crippen molar-refractivity contribution in [1.82, 2.24) is 0 Å². The Morgan fingerprint density at radius 2 is 1.69 bits per heavy atom. The fraction of sp³-hybridized carbons (Fsp3) is 0.176. The highest BCUT2D eigenvalue weighted by Crippen LogP contribution is 2.33. The molecule has 0 fully saturated rings. The van der Waals surface area contributed by atoms with Crippen LogP contribution >= 0.6 is 11.6 Å². The van der Waals surface area contributed by atoms with Crippen LogP contribution in [0.2, 0.25) is 5.02 Å². The number of amides is 2. The Labute approximate surface area is 168 Å². The number of carbonyl (C=O) groups excluding carboxylic acids is 2. The Kier molecular flexibility index (Phi) is 5.98. The van der Waals surface area contributed by atoms with Crippen LogP contribution in [0.15, 0.2) is 52.3 Å². The molecule has 7 nitrogen and oxygen atoms in total. The van der Waals surface area contributed by atoms with Crippen LogP contribution < -0.4 is 11.1 Å². The zero-order chi connectivity index (χ0) is 22.2. The molecule has 0 heterocycles. The minimum absolute atomic E-state index is 0.0459. The number of halogens is 4. The molecule has 0 spiro atoms. The quantitative estimate of drug-likeness (QED) is 0.645. The van der Waals surface area contributed by atoms with Crippen LogP contribution in [0.1, 0.15) is 17.3 Å². The van der Waals surface area contributed by atoms with Gasteiger partial charge in [-0.2, -0.15) is 13.2 Å². The van der Waals surface area contributed by atoms with Crippen molar-refractivity contribution in [2.24, 2.45) is 5.73 Å². The SMILES string of the molecule is CC(O)(C(=O)Nc1ccc(S(=O)(=O)c2cccc(C(N)=O)c2)cc1Cl)C(F)(F)F. The summed E-state index contributed by atoms with van der Waals surface area (Å²) in [4.78, 5) is 22.4. The third-order valence-corrected chi connectivity index (χ3v) is 5.98. The number of nitrogens with two attached hydrogens (primary N) is 1. The highest BCUT2D eigenvalue weighted by Gasteiger charge is 2.55. The van der Waals surface area contributed by atoms with Gasteiger partial charge in [-0.25, -0.2) is 8.42 Å². The minimum Gasteiger partial charge on any atom is -0.373 e. The first-order valence-electron chi connectivity index (χ1n) is 7.73. The molecule has 2 aromatic carbocycles. The van der Waals surface area contributed by atoms with Gasteiger partial charge in [-0.05, 0) is 43.3 Å². The average Bonchev–Trinajstić information content (AvgIpc) is 2.62. The smallest absolute Gasteiger partial charge is 0.373 e. The second-order valence-electron chi connectivity index (χ2n) is 6.06. The molecule has 2 rings (SSSR count). The van der Waals surface area contributed by atoms with Gasteiger partial charge >= 0.3 is 6.18 Å².